The maximum absolute atomic E-state index is 12.8. The van der Waals surface area contributed by atoms with Gasteiger partial charge in [0.15, 0.2) is 0 Å². The quantitative estimate of drug-likeness (QED) is 0.719. The summed E-state index contributed by atoms with van der Waals surface area (Å²) in [6.45, 7) is 11.2. The van der Waals surface area contributed by atoms with Gasteiger partial charge in [-0.15, -0.1) is 0 Å². The van der Waals surface area contributed by atoms with Crippen LogP contribution in [0.1, 0.15) is 75.5 Å². The first-order valence-electron chi connectivity index (χ1n) is 11.2. The standard InChI is InChI=1S/C23H35N3O4/c1-6-7-8-20-17-11-15(4)29-13-19(17)18-12-26(10-9-21(18)25-20)23(28)24-16(5)22(27)30-14(2)3/h14-16H,6-13H2,1-5H3,(H,24,28)/t15-,16-/m0/s1. The SMILES string of the molecule is CCCCc1nc2c(c3c1C[C@H](C)OC3)CN(C(=O)N[C@@H](C)C(=O)OC(C)C)CC2. The number of aryl methyl sites for hydroxylation is 1. The maximum Gasteiger partial charge on any atom is 0.328 e. The van der Waals surface area contributed by atoms with Crippen LogP contribution in [-0.2, 0) is 46.7 Å². The van der Waals surface area contributed by atoms with E-state index in [1.165, 1.54) is 16.8 Å². The number of carbonyl (C=O) groups is 2. The zero-order valence-corrected chi connectivity index (χ0v) is 18.9. The van der Waals surface area contributed by atoms with Gasteiger partial charge in [-0.3, -0.25) is 4.98 Å². The Morgan fingerprint density at radius 2 is 2.03 bits per heavy atom. The maximum atomic E-state index is 12.8. The number of carbonyl (C=O) groups excluding carboxylic acids is 2. The average molecular weight is 418 g/mol. The highest BCUT2D eigenvalue weighted by Crippen LogP contribution is 2.32. The van der Waals surface area contributed by atoms with Crippen LogP contribution in [0.25, 0.3) is 0 Å². The molecule has 1 aromatic heterocycles. The number of aromatic nitrogens is 1. The zero-order chi connectivity index (χ0) is 21.8. The molecule has 0 spiro atoms. The van der Waals surface area contributed by atoms with Gasteiger partial charge in [-0.25, -0.2) is 9.59 Å². The number of amides is 2. The van der Waals surface area contributed by atoms with Crippen LogP contribution in [0.2, 0.25) is 0 Å². The van der Waals surface area contributed by atoms with Gasteiger partial charge in [0.25, 0.3) is 0 Å². The minimum Gasteiger partial charge on any atom is -0.461 e. The number of hydrogen-bond acceptors (Lipinski definition) is 5. The van der Waals surface area contributed by atoms with E-state index in [-0.39, 0.29) is 18.2 Å². The van der Waals surface area contributed by atoms with Crippen LogP contribution < -0.4 is 5.32 Å². The second kappa shape index (κ2) is 9.77. The third kappa shape index (κ3) is 5.12. The largest absolute Gasteiger partial charge is 0.461 e. The summed E-state index contributed by atoms with van der Waals surface area (Å²) in [6, 6.07) is -0.934. The predicted octanol–water partition coefficient (Wildman–Crippen LogP) is 3.29. The minimum absolute atomic E-state index is 0.188. The number of rotatable bonds is 6. The normalized spacial score (nSPS) is 19.1. The van der Waals surface area contributed by atoms with E-state index in [1.54, 1.807) is 25.7 Å². The minimum atomic E-state index is -0.686. The van der Waals surface area contributed by atoms with E-state index in [4.69, 9.17) is 14.5 Å². The van der Waals surface area contributed by atoms with Crippen LogP contribution in [0.15, 0.2) is 0 Å². The lowest BCUT2D eigenvalue weighted by Gasteiger charge is -2.34. The molecule has 0 aliphatic carbocycles. The molecule has 2 aliphatic heterocycles. The summed E-state index contributed by atoms with van der Waals surface area (Å²) in [4.78, 5) is 31.6. The van der Waals surface area contributed by atoms with Gasteiger partial charge in [0.2, 0.25) is 0 Å². The predicted molar refractivity (Wildman–Crippen MR) is 114 cm³/mol. The lowest BCUT2D eigenvalue weighted by molar-refractivity contribution is -0.149. The Balaban J connectivity index is 1.77. The van der Waals surface area contributed by atoms with Crippen molar-refractivity contribution in [2.24, 2.45) is 0 Å². The second-order valence-corrected chi connectivity index (χ2v) is 8.70. The Bertz CT molecular complexity index is 793. The molecule has 2 amide bonds. The molecule has 0 unspecified atom stereocenters. The number of fused-ring (bicyclic) bond motifs is 3. The number of hydrogen-bond donors (Lipinski definition) is 1. The van der Waals surface area contributed by atoms with Gasteiger partial charge in [0.1, 0.15) is 6.04 Å². The van der Waals surface area contributed by atoms with Gasteiger partial charge >= 0.3 is 12.0 Å². The lowest BCUT2D eigenvalue weighted by atomic mass is 9.89. The van der Waals surface area contributed by atoms with Gasteiger partial charge in [-0.1, -0.05) is 13.3 Å². The van der Waals surface area contributed by atoms with Crippen molar-refractivity contribution in [2.75, 3.05) is 6.54 Å². The summed E-state index contributed by atoms with van der Waals surface area (Å²) in [5.41, 5.74) is 5.96. The molecular weight excluding hydrogens is 382 g/mol. The summed E-state index contributed by atoms with van der Waals surface area (Å²) >= 11 is 0. The summed E-state index contributed by atoms with van der Waals surface area (Å²) in [6.07, 6.45) is 4.85. The van der Waals surface area contributed by atoms with E-state index in [9.17, 15) is 9.59 Å². The summed E-state index contributed by atoms with van der Waals surface area (Å²) in [5, 5.41) is 2.77. The summed E-state index contributed by atoms with van der Waals surface area (Å²) in [5.74, 6) is -0.419. The van der Waals surface area contributed by atoms with Crippen LogP contribution in [0.3, 0.4) is 0 Å². The Kier molecular flexibility index (Phi) is 7.34. The van der Waals surface area contributed by atoms with E-state index >= 15 is 0 Å². The molecule has 2 atom stereocenters. The first kappa shape index (κ1) is 22.5. The van der Waals surface area contributed by atoms with E-state index < -0.39 is 12.0 Å². The van der Waals surface area contributed by atoms with E-state index in [0.717, 1.165) is 43.4 Å². The molecule has 0 fully saturated rings. The molecule has 0 bridgehead atoms. The molecule has 166 valence electrons. The highest BCUT2D eigenvalue weighted by molar-refractivity contribution is 5.83. The lowest BCUT2D eigenvalue weighted by Crippen LogP contribution is -2.49. The molecule has 1 N–H and O–H groups in total. The average Bonchev–Trinajstić information content (AvgIpc) is 2.70. The van der Waals surface area contributed by atoms with Gasteiger partial charge in [0.05, 0.1) is 18.8 Å². The molecule has 0 saturated carbocycles. The number of nitrogens with one attached hydrogen (secondary N) is 1. The molecule has 1 aromatic rings. The van der Waals surface area contributed by atoms with Crippen molar-refractivity contribution < 1.29 is 19.1 Å². The van der Waals surface area contributed by atoms with Crippen LogP contribution >= 0.6 is 0 Å². The number of esters is 1. The number of ether oxygens (including phenoxy) is 2. The van der Waals surface area contributed by atoms with Crippen molar-refractivity contribution >= 4 is 12.0 Å². The summed E-state index contributed by atoms with van der Waals surface area (Å²) in [7, 11) is 0. The Labute approximate surface area is 179 Å². The van der Waals surface area contributed by atoms with Gasteiger partial charge in [-0.05, 0) is 57.2 Å². The van der Waals surface area contributed by atoms with E-state index in [1.807, 2.05) is 0 Å². The molecule has 7 heteroatoms. The van der Waals surface area contributed by atoms with Gasteiger partial charge in [-0.2, -0.15) is 0 Å². The molecule has 0 saturated heterocycles. The van der Waals surface area contributed by atoms with E-state index in [2.05, 4.69) is 19.2 Å². The fraction of sp³-hybridized carbons (Fsp3) is 0.696. The number of urea groups is 1. The zero-order valence-electron chi connectivity index (χ0n) is 18.9. The highest BCUT2D eigenvalue weighted by Gasteiger charge is 2.30. The number of nitrogens with zero attached hydrogens (tertiary/aromatic N) is 2. The monoisotopic (exact) mass is 417 g/mol. The molecule has 0 aromatic carbocycles. The fourth-order valence-corrected chi connectivity index (χ4v) is 4.11. The molecule has 30 heavy (non-hydrogen) atoms. The van der Waals surface area contributed by atoms with Crippen LogP contribution in [0, 0.1) is 0 Å². The number of unbranched alkanes of at least 4 members (excludes halogenated alkanes) is 1. The van der Waals surface area contributed by atoms with Crippen molar-refractivity contribution in [1.82, 2.24) is 15.2 Å². The fourth-order valence-electron chi connectivity index (χ4n) is 4.11. The smallest absolute Gasteiger partial charge is 0.328 e. The van der Waals surface area contributed by atoms with Gasteiger partial charge in [0, 0.05) is 37.3 Å². The third-order valence-corrected chi connectivity index (χ3v) is 5.77. The van der Waals surface area contributed by atoms with Crippen LogP contribution in [0.4, 0.5) is 4.79 Å². The highest BCUT2D eigenvalue weighted by atomic mass is 16.5. The van der Waals surface area contributed by atoms with Crippen LogP contribution in [0.5, 0.6) is 0 Å². The van der Waals surface area contributed by atoms with Crippen molar-refractivity contribution in [3.05, 3.63) is 28.1 Å². The van der Waals surface area contributed by atoms with Gasteiger partial charge < -0.3 is 19.7 Å². The molecular formula is C23H35N3O4. The van der Waals surface area contributed by atoms with Crippen LogP contribution in [-0.4, -0.2) is 46.7 Å². The first-order valence-corrected chi connectivity index (χ1v) is 11.2. The van der Waals surface area contributed by atoms with Crippen molar-refractivity contribution in [2.45, 2.75) is 98.1 Å². The van der Waals surface area contributed by atoms with Crippen molar-refractivity contribution in [3.8, 4) is 0 Å². The molecule has 3 rings (SSSR count). The van der Waals surface area contributed by atoms with Crippen molar-refractivity contribution in [1.29, 1.82) is 0 Å². The van der Waals surface area contributed by atoms with Crippen molar-refractivity contribution in [3.63, 3.8) is 0 Å². The topological polar surface area (TPSA) is 80.8 Å². The molecule has 7 nitrogen and oxygen atoms in total. The Morgan fingerprint density at radius 1 is 1.27 bits per heavy atom. The summed E-state index contributed by atoms with van der Waals surface area (Å²) < 4.78 is 11.1. The number of pyridine rings is 1. The first-order chi connectivity index (χ1) is 14.3. The molecule has 2 aliphatic rings. The molecule has 3 heterocycles. The Morgan fingerprint density at radius 3 is 2.73 bits per heavy atom. The Hall–Kier alpha value is -2.15. The molecule has 0 radical (unpaired) electrons. The second-order valence-electron chi connectivity index (χ2n) is 8.70. The van der Waals surface area contributed by atoms with E-state index in [0.29, 0.717) is 19.7 Å². The third-order valence-electron chi connectivity index (χ3n) is 5.77.